The zero-order valence-corrected chi connectivity index (χ0v) is 21.4. The van der Waals surface area contributed by atoms with E-state index in [9.17, 15) is 10.2 Å². The molecule has 0 bridgehead atoms. The Hall–Kier alpha value is -1.96. The van der Waals surface area contributed by atoms with Gasteiger partial charge in [0.15, 0.2) is 0 Å². The standard InChI is InChI=1S/C32H46O2/c1-2-3-4-5-12-17-28(26-18-20-31(33)29(22-26)24-13-8-6-9-14-24)27-19-21-32(34)30(23-27)25-15-10-7-11-16-25/h18-25,28,33-34H,2-17H2,1H3. The normalized spacial score (nSPS) is 17.9. The van der Waals surface area contributed by atoms with Gasteiger partial charge in [-0.25, -0.2) is 0 Å². The molecule has 2 heteroatoms. The lowest BCUT2D eigenvalue weighted by atomic mass is 9.78. The molecule has 2 aliphatic carbocycles. The summed E-state index contributed by atoms with van der Waals surface area (Å²) in [5, 5.41) is 21.5. The van der Waals surface area contributed by atoms with Crippen LogP contribution in [0.15, 0.2) is 36.4 Å². The Labute approximate surface area is 207 Å². The van der Waals surface area contributed by atoms with Crippen LogP contribution < -0.4 is 0 Å². The van der Waals surface area contributed by atoms with Crippen molar-refractivity contribution in [2.45, 2.75) is 127 Å². The molecule has 186 valence electrons. The summed E-state index contributed by atoms with van der Waals surface area (Å²) in [5.41, 5.74) is 5.02. The average Bonchev–Trinajstić information content (AvgIpc) is 2.88. The van der Waals surface area contributed by atoms with Crippen molar-refractivity contribution in [2.75, 3.05) is 0 Å². The van der Waals surface area contributed by atoms with Gasteiger partial charge >= 0.3 is 0 Å². The minimum atomic E-state index is 0.326. The Morgan fingerprint density at radius 1 is 0.647 bits per heavy atom. The van der Waals surface area contributed by atoms with E-state index in [0.717, 1.165) is 6.42 Å². The van der Waals surface area contributed by atoms with E-state index in [1.54, 1.807) is 0 Å². The first-order chi connectivity index (χ1) is 16.7. The van der Waals surface area contributed by atoms with Crippen molar-refractivity contribution in [1.82, 2.24) is 0 Å². The van der Waals surface area contributed by atoms with E-state index in [1.807, 2.05) is 12.1 Å². The van der Waals surface area contributed by atoms with Crippen molar-refractivity contribution in [3.63, 3.8) is 0 Å². The van der Waals surface area contributed by atoms with Gasteiger partial charge in [0.25, 0.3) is 0 Å². The van der Waals surface area contributed by atoms with Gasteiger partial charge in [-0.05, 0) is 78.3 Å². The molecular weight excluding hydrogens is 416 g/mol. The molecule has 2 aromatic rings. The van der Waals surface area contributed by atoms with Gasteiger partial charge in [0.05, 0.1) is 0 Å². The third-order valence-electron chi connectivity index (χ3n) is 8.59. The van der Waals surface area contributed by atoms with E-state index >= 15 is 0 Å². The summed E-state index contributed by atoms with van der Waals surface area (Å²) in [7, 11) is 0. The first-order valence-corrected chi connectivity index (χ1v) is 14.3. The summed E-state index contributed by atoms with van der Waals surface area (Å²) < 4.78 is 0. The fraction of sp³-hybridized carbons (Fsp3) is 0.625. The molecule has 0 atom stereocenters. The molecule has 0 spiro atoms. The number of aromatic hydroxyl groups is 2. The van der Waals surface area contributed by atoms with E-state index < -0.39 is 0 Å². The third-order valence-corrected chi connectivity index (χ3v) is 8.59. The van der Waals surface area contributed by atoms with Crippen LogP contribution in [0.1, 0.15) is 150 Å². The van der Waals surface area contributed by atoms with Crippen molar-refractivity contribution < 1.29 is 10.2 Å². The Morgan fingerprint density at radius 2 is 1.12 bits per heavy atom. The largest absolute Gasteiger partial charge is 0.508 e. The second-order valence-corrected chi connectivity index (χ2v) is 11.1. The molecule has 2 aromatic carbocycles. The summed E-state index contributed by atoms with van der Waals surface area (Å²) in [4.78, 5) is 0. The van der Waals surface area contributed by atoms with Crippen molar-refractivity contribution >= 4 is 0 Å². The molecule has 0 saturated heterocycles. The Bertz CT molecular complexity index is 822. The molecule has 34 heavy (non-hydrogen) atoms. The molecule has 0 amide bonds. The van der Waals surface area contributed by atoms with E-state index in [2.05, 4.69) is 31.2 Å². The molecule has 2 nitrogen and oxygen atoms in total. The minimum Gasteiger partial charge on any atom is -0.508 e. The summed E-state index contributed by atoms with van der Waals surface area (Å²) in [5.74, 6) is 2.28. The lowest BCUT2D eigenvalue weighted by Crippen LogP contribution is -2.09. The number of hydrogen-bond donors (Lipinski definition) is 2. The van der Waals surface area contributed by atoms with Gasteiger partial charge in [-0.3, -0.25) is 0 Å². The van der Waals surface area contributed by atoms with E-state index in [1.165, 1.54) is 119 Å². The SMILES string of the molecule is CCCCCCCC(c1ccc(O)c(C2CCCCC2)c1)c1ccc(O)c(C2CCCCC2)c1. The zero-order chi connectivity index (χ0) is 23.8. The molecule has 4 rings (SSSR count). The predicted octanol–water partition coefficient (Wildman–Crippen LogP) is 9.69. The number of hydrogen-bond acceptors (Lipinski definition) is 2. The van der Waals surface area contributed by atoms with Crippen LogP contribution in [0.2, 0.25) is 0 Å². The molecule has 0 aliphatic heterocycles. The third kappa shape index (κ3) is 6.37. The second-order valence-electron chi connectivity index (χ2n) is 11.1. The fourth-order valence-corrected chi connectivity index (χ4v) is 6.54. The summed E-state index contributed by atoms with van der Waals surface area (Å²) in [6.45, 7) is 2.27. The first-order valence-electron chi connectivity index (χ1n) is 14.3. The van der Waals surface area contributed by atoms with Crippen LogP contribution in [0.25, 0.3) is 0 Å². The van der Waals surface area contributed by atoms with Crippen LogP contribution in [-0.4, -0.2) is 10.2 Å². The van der Waals surface area contributed by atoms with Crippen LogP contribution in [0.4, 0.5) is 0 Å². The highest BCUT2D eigenvalue weighted by Gasteiger charge is 2.24. The van der Waals surface area contributed by atoms with Gasteiger partial charge in [-0.15, -0.1) is 0 Å². The van der Waals surface area contributed by atoms with E-state index in [0.29, 0.717) is 29.3 Å². The molecule has 2 fully saturated rings. The maximum atomic E-state index is 10.7. The molecule has 0 heterocycles. The van der Waals surface area contributed by atoms with E-state index in [-0.39, 0.29) is 0 Å². The lowest BCUT2D eigenvalue weighted by molar-refractivity contribution is 0.413. The van der Waals surface area contributed by atoms with Crippen molar-refractivity contribution in [2.24, 2.45) is 0 Å². The monoisotopic (exact) mass is 462 g/mol. The van der Waals surface area contributed by atoms with Gasteiger partial charge < -0.3 is 10.2 Å². The van der Waals surface area contributed by atoms with Crippen molar-refractivity contribution in [1.29, 1.82) is 0 Å². The molecule has 2 saturated carbocycles. The molecular formula is C32H46O2. The second kappa shape index (κ2) is 12.7. The van der Waals surface area contributed by atoms with Crippen LogP contribution in [0.3, 0.4) is 0 Å². The molecule has 0 aromatic heterocycles. The molecule has 0 unspecified atom stereocenters. The number of unbranched alkanes of at least 4 members (excludes halogenated alkanes) is 4. The van der Waals surface area contributed by atoms with Crippen LogP contribution >= 0.6 is 0 Å². The Kier molecular flexibility index (Phi) is 9.36. The maximum absolute atomic E-state index is 10.7. The van der Waals surface area contributed by atoms with Gasteiger partial charge in [0.1, 0.15) is 11.5 Å². The highest BCUT2D eigenvalue weighted by Crippen LogP contribution is 2.43. The van der Waals surface area contributed by atoms with Crippen molar-refractivity contribution in [3.05, 3.63) is 58.7 Å². The summed E-state index contributed by atoms with van der Waals surface area (Å²) in [6, 6.07) is 12.9. The van der Waals surface area contributed by atoms with Gasteiger partial charge in [-0.1, -0.05) is 102 Å². The minimum absolute atomic E-state index is 0.326. The summed E-state index contributed by atoms with van der Waals surface area (Å²) in [6.07, 6.45) is 20.1. The van der Waals surface area contributed by atoms with E-state index in [4.69, 9.17) is 0 Å². The lowest BCUT2D eigenvalue weighted by Gasteiger charge is -2.27. The molecule has 2 aliphatic rings. The van der Waals surface area contributed by atoms with Gasteiger partial charge in [0.2, 0.25) is 0 Å². The Balaban J connectivity index is 1.63. The average molecular weight is 463 g/mol. The zero-order valence-electron chi connectivity index (χ0n) is 21.4. The smallest absolute Gasteiger partial charge is 0.119 e. The van der Waals surface area contributed by atoms with Crippen molar-refractivity contribution in [3.8, 4) is 11.5 Å². The van der Waals surface area contributed by atoms with Crippen LogP contribution in [0, 0.1) is 0 Å². The molecule has 2 N–H and O–H groups in total. The number of phenols is 2. The Morgan fingerprint density at radius 3 is 1.59 bits per heavy atom. The summed E-state index contributed by atoms with van der Waals surface area (Å²) >= 11 is 0. The fourth-order valence-electron chi connectivity index (χ4n) is 6.54. The number of benzene rings is 2. The highest BCUT2D eigenvalue weighted by atomic mass is 16.3. The predicted molar refractivity (Wildman–Crippen MR) is 143 cm³/mol. The maximum Gasteiger partial charge on any atom is 0.119 e. The van der Waals surface area contributed by atoms with Gasteiger partial charge in [0, 0.05) is 5.92 Å². The number of rotatable bonds is 10. The number of phenolic OH excluding ortho intramolecular Hbond substituents is 2. The highest BCUT2D eigenvalue weighted by molar-refractivity contribution is 5.46. The first kappa shape index (κ1) is 25.1. The topological polar surface area (TPSA) is 40.5 Å². The van der Waals surface area contributed by atoms with Crippen LogP contribution in [-0.2, 0) is 0 Å². The quantitative estimate of drug-likeness (QED) is 0.345. The molecule has 0 radical (unpaired) electrons. The van der Waals surface area contributed by atoms with Gasteiger partial charge in [-0.2, -0.15) is 0 Å². The van der Waals surface area contributed by atoms with Crippen LogP contribution in [0.5, 0.6) is 11.5 Å².